The highest BCUT2D eigenvalue weighted by Crippen LogP contribution is 2.21. The third-order valence-corrected chi connectivity index (χ3v) is 4.62. The molecule has 6 nitrogen and oxygen atoms in total. The van der Waals surface area contributed by atoms with Gasteiger partial charge in [-0.3, -0.25) is 14.4 Å². The molecule has 0 aliphatic carbocycles. The summed E-state index contributed by atoms with van der Waals surface area (Å²) >= 11 is 9.45. The van der Waals surface area contributed by atoms with E-state index < -0.39 is 0 Å². The Bertz CT molecular complexity index is 856. The minimum atomic E-state index is -0.268. The fourth-order valence-corrected chi connectivity index (χ4v) is 2.86. The molecule has 0 unspecified atom stereocenters. The van der Waals surface area contributed by atoms with Gasteiger partial charge in [0.15, 0.2) is 0 Å². The number of hydrogen-bond acceptors (Lipinski definition) is 3. The Morgan fingerprint density at radius 3 is 2.29 bits per heavy atom. The zero-order chi connectivity index (χ0) is 20.5. The minimum Gasteiger partial charge on any atom is -0.352 e. The van der Waals surface area contributed by atoms with E-state index in [1.165, 1.54) is 6.07 Å². The van der Waals surface area contributed by atoms with Gasteiger partial charge in [-0.25, -0.2) is 0 Å². The van der Waals surface area contributed by atoms with E-state index in [0.29, 0.717) is 23.4 Å². The first-order valence-corrected chi connectivity index (χ1v) is 9.99. The number of halogens is 2. The maximum absolute atomic E-state index is 12.1. The second-order valence-electron chi connectivity index (χ2n) is 6.01. The number of carbonyl (C=O) groups is 3. The van der Waals surface area contributed by atoms with E-state index in [-0.39, 0.29) is 35.7 Å². The normalized spacial score (nSPS) is 10.2. The zero-order valence-electron chi connectivity index (χ0n) is 15.4. The molecule has 0 aliphatic heterocycles. The van der Waals surface area contributed by atoms with Crippen LogP contribution in [-0.4, -0.2) is 30.8 Å². The van der Waals surface area contributed by atoms with Gasteiger partial charge < -0.3 is 16.0 Å². The molecule has 0 saturated heterocycles. The number of amides is 3. The summed E-state index contributed by atoms with van der Waals surface area (Å²) in [7, 11) is 0. The molecule has 0 saturated carbocycles. The van der Waals surface area contributed by atoms with Crippen molar-refractivity contribution in [3.8, 4) is 0 Å². The highest BCUT2D eigenvalue weighted by Gasteiger charge is 2.12. The van der Waals surface area contributed by atoms with Crippen LogP contribution >= 0.6 is 27.5 Å². The van der Waals surface area contributed by atoms with Crippen molar-refractivity contribution in [1.29, 1.82) is 0 Å². The van der Waals surface area contributed by atoms with Crippen LogP contribution in [0.5, 0.6) is 0 Å². The van der Waals surface area contributed by atoms with Crippen molar-refractivity contribution >= 4 is 50.9 Å². The topological polar surface area (TPSA) is 87.3 Å². The smallest absolute Gasteiger partial charge is 0.252 e. The zero-order valence-corrected chi connectivity index (χ0v) is 17.7. The summed E-state index contributed by atoms with van der Waals surface area (Å²) in [6.07, 6.45) is 0.939. The van der Waals surface area contributed by atoms with Crippen LogP contribution in [0.2, 0.25) is 5.02 Å². The number of carbonyl (C=O) groups excluding carboxylic acids is 3. The largest absolute Gasteiger partial charge is 0.352 e. The van der Waals surface area contributed by atoms with E-state index in [1.54, 1.807) is 36.4 Å². The average molecular weight is 467 g/mol. The molecule has 0 heterocycles. The quantitative estimate of drug-likeness (QED) is 0.549. The van der Waals surface area contributed by atoms with Gasteiger partial charge in [-0.05, 0) is 48.9 Å². The Balaban J connectivity index is 1.82. The Labute approximate surface area is 177 Å². The van der Waals surface area contributed by atoms with Crippen LogP contribution in [0.25, 0.3) is 0 Å². The first-order chi connectivity index (χ1) is 13.4. The molecule has 0 aromatic heterocycles. The molecule has 0 spiro atoms. The van der Waals surface area contributed by atoms with Gasteiger partial charge in [-0.1, -0.05) is 34.5 Å². The van der Waals surface area contributed by atoms with Gasteiger partial charge in [0.05, 0.1) is 10.6 Å². The molecular formula is C20H21BrClN3O3. The van der Waals surface area contributed by atoms with Crippen LogP contribution in [0.3, 0.4) is 0 Å². The average Bonchev–Trinajstić information content (AvgIpc) is 2.66. The van der Waals surface area contributed by atoms with Crippen molar-refractivity contribution in [1.82, 2.24) is 10.6 Å². The standard InChI is InChI=1S/C20H21BrClN3O3/c1-2-10-23-20(28)16-8-7-15(12-17(16)22)25-18(26)9-11-24-19(27)13-3-5-14(21)6-4-13/h3-8,12H,2,9-11H2,1H3,(H,23,28)(H,24,27)(H,25,26). The SMILES string of the molecule is CCCNC(=O)c1ccc(NC(=O)CCNC(=O)c2ccc(Br)cc2)cc1Cl. The van der Waals surface area contributed by atoms with E-state index in [0.717, 1.165) is 10.9 Å². The third kappa shape index (κ3) is 6.65. The van der Waals surface area contributed by atoms with Gasteiger partial charge in [-0.2, -0.15) is 0 Å². The number of benzene rings is 2. The molecule has 0 aliphatic rings. The summed E-state index contributed by atoms with van der Waals surface area (Å²) in [5.74, 6) is -0.762. The minimum absolute atomic E-state index is 0.110. The summed E-state index contributed by atoms with van der Waals surface area (Å²) < 4.78 is 0.885. The second kappa shape index (κ2) is 10.8. The van der Waals surface area contributed by atoms with Gasteiger partial charge in [0.25, 0.3) is 11.8 Å². The number of hydrogen-bond donors (Lipinski definition) is 3. The van der Waals surface area contributed by atoms with E-state index >= 15 is 0 Å². The van der Waals surface area contributed by atoms with Gasteiger partial charge in [0.2, 0.25) is 5.91 Å². The molecule has 3 amide bonds. The van der Waals surface area contributed by atoms with Crippen molar-refractivity contribution in [2.45, 2.75) is 19.8 Å². The van der Waals surface area contributed by atoms with Crippen molar-refractivity contribution in [2.75, 3.05) is 18.4 Å². The van der Waals surface area contributed by atoms with Crippen molar-refractivity contribution in [3.05, 3.63) is 63.1 Å². The highest BCUT2D eigenvalue weighted by molar-refractivity contribution is 9.10. The van der Waals surface area contributed by atoms with E-state index in [9.17, 15) is 14.4 Å². The van der Waals surface area contributed by atoms with Crippen LogP contribution in [0.4, 0.5) is 5.69 Å². The highest BCUT2D eigenvalue weighted by atomic mass is 79.9. The Hall–Kier alpha value is -2.38. The van der Waals surface area contributed by atoms with Gasteiger partial charge in [0.1, 0.15) is 0 Å². The first-order valence-electron chi connectivity index (χ1n) is 8.82. The number of rotatable bonds is 8. The van der Waals surface area contributed by atoms with Crippen LogP contribution < -0.4 is 16.0 Å². The molecule has 148 valence electrons. The lowest BCUT2D eigenvalue weighted by atomic mass is 10.2. The predicted molar refractivity (Wildman–Crippen MR) is 114 cm³/mol. The summed E-state index contributed by atoms with van der Waals surface area (Å²) in [6, 6.07) is 11.7. The van der Waals surface area contributed by atoms with E-state index in [2.05, 4.69) is 31.9 Å². The van der Waals surface area contributed by atoms with Crippen LogP contribution in [0, 0.1) is 0 Å². The lowest BCUT2D eigenvalue weighted by Gasteiger charge is -2.10. The molecule has 0 atom stereocenters. The predicted octanol–water partition coefficient (Wildman–Crippen LogP) is 4.00. The van der Waals surface area contributed by atoms with E-state index in [1.807, 2.05) is 6.92 Å². The van der Waals surface area contributed by atoms with Gasteiger partial charge in [-0.15, -0.1) is 0 Å². The number of nitrogens with one attached hydrogen (secondary N) is 3. The molecule has 0 fully saturated rings. The monoisotopic (exact) mass is 465 g/mol. The molecule has 2 aromatic carbocycles. The molecule has 8 heteroatoms. The van der Waals surface area contributed by atoms with Gasteiger partial charge in [0, 0.05) is 35.2 Å². The molecule has 0 radical (unpaired) electrons. The van der Waals surface area contributed by atoms with Crippen LogP contribution in [-0.2, 0) is 4.79 Å². The maximum atomic E-state index is 12.1. The summed E-state index contributed by atoms with van der Waals surface area (Å²) in [4.78, 5) is 36.0. The fraction of sp³-hybridized carbons (Fsp3) is 0.250. The lowest BCUT2D eigenvalue weighted by molar-refractivity contribution is -0.116. The first kappa shape index (κ1) is 21.9. The molecule has 28 heavy (non-hydrogen) atoms. The van der Waals surface area contributed by atoms with Crippen LogP contribution in [0.1, 0.15) is 40.5 Å². The second-order valence-corrected chi connectivity index (χ2v) is 7.33. The Kier molecular flexibility index (Phi) is 8.47. The third-order valence-electron chi connectivity index (χ3n) is 3.78. The van der Waals surface area contributed by atoms with Gasteiger partial charge >= 0.3 is 0 Å². The lowest BCUT2D eigenvalue weighted by Crippen LogP contribution is -2.27. The molecule has 2 rings (SSSR count). The summed E-state index contributed by atoms with van der Waals surface area (Å²) in [6.45, 7) is 2.73. The van der Waals surface area contributed by atoms with Crippen molar-refractivity contribution in [2.24, 2.45) is 0 Å². The molecule has 2 aromatic rings. The Morgan fingerprint density at radius 1 is 0.964 bits per heavy atom. The molecular weight excluding hydrogens is 446 g/mol. The maximum Gasteiger partial charge on any atom is 0.252 e. The van der Waals surface area contributed by atoms with Crippen LogP contribution in [0.15, 0.2) is 46.9 Å². The fourth-order valence-electron chi connectivity index (χ4n) is 2.33. The van der Waals surface area contributed by atoms with E-state index in [4.69, 9.17) is 11.6 Å². The number of anilines is 1. The van der Waals surface area contributed by atoms with Crippen molar-refractivity contribution in [3.63, 3.8) is 0 Å². The Morgan fingerprint density at radius 2 is 1.64 bits per heavy atom. The molecule has 3 N–H and O–H groups in total. The van der Waals surface area contributed by atoms with Crippen molar-refractivity contribution < 1.29 is 14.4 Å². The summed E-state index contributed by atoms with van der Waals surface area (Å²) in [5.41, 5.74) is 1.36. The molecule has 0 bridgehead atoms. The summed E-state index contributed by atoms with van der Waals surface area (Å²) in [5, 5.41) is 8.41.